The van der Waals surface area contributed by atoms with Crippen LogP contribution in [0.3, 0.4) is 0 Å². The van der Waals surface area contributed by atoms with E-state index in [1.807, 2.05) is 36.5 Å². The summed E-state index contributed by atoms with van der Waals surface area (Å²) < 4.78 is 1.96. The molecule has 3 N–H and O–H groups in total. The number of nitrogens with one attached hydrogen (secondary N) is 3. The Bertz CT molecular complexity index is 1010. The first kappa shape index (κ1) is 17.5. The number of carbonyl (C=O) groups excluding carboxylic acids is 1. The maximum absolute atomic E-state index is 11.9. The summed E-state index contributed by atoms with van der Waals surface area (Å²) in [6.45, 7) is 0.656. The van der Waals surface area contributed by atoms with Gasteiger partial charge in [-0.25, -0.2) is 5.43 Å². The van der Waals surface area contributed by atoms with E-state index in [2.05, 4.69) is 25.6 Å². The Kier molecular flexibility index (Phi) is 5.49. The van der Waals surface area contributed by atoms with Gasteiger partial charge in [0.15, 0.2) is 4.77 Å². The summed E-state index contributed by atoms with van der Waals surface area (Å²) in [6, 6.07) is 11.2. The second-order valence-electron chi connectivity index (χ2n) is 5.54. The van der Waals surface area contributed by atoms with E-state index in [1.54, 1.807) is 10.9 Å². The number of rotatable bonds is 6. The molecule has 0 saturated carbocycles. The average molecular weight is 368 g/mol. The summed E-state index contributed by atoms with van der Waals surface area (Å²) in [5.74, 6) is -0.367. The minimum Gasteiger partial charge on any atom is -0.335 e. The lowest BCUT2D eigenvalue weighted by Crippen LogP contribution is -2.21. The number of hydrogen-bond donors (Lipinski definition) is 3. The molecular formula is C17H16N6O2S. The fourth-order valence-electron chi connectivity index (χ4n) is 2.31. The van der Waals surface area contributed by atoms with Crippen LogP contribution in [-0.2, 0) is 17.8 Å². The van der Waals surface area contributed by atoms with E-state index in [9.17, 15) is 9.59 Å². The van der Waals surface area contributed by atoms with Gasteiger partial charge in [-0.1, -0.05) is 30.3 Å². The summed E-state index contributed by atoms with van der Waals surface area (Å²) in [5, 5.41) is 8.15. The number of hydrazone groups is 1. The number of aromatic amines is 2. The van der Waals surface area contributed by atoms with Crippen LogP contribution in [0, 0.1) is 4.77 Å². The van der Waals surface area contributed by atoms with Crippen LogP contribution in [0.1, 0.15) is 16.8 Å². The summed E-state index contributed by atoms with van der Waals surface area (Å²) in [6.07, 6.45) is 4.97. The van der Waals surface area contributed by atoms with Gasteiger partial charge in [0, 0.05) is 23.5 Å². The number of benzene rings is 1. The van der Waals surface area contributed by atoms with Crippen molar-refractivity contribution in [2.45, 2.75) is 13.0 Å². The smallest absolute Gasteiger partial charge is 0.251 e. The Labute approximate surface area is 153 Å². The van der Waals surface area contributed by atoms with Gasteiger partial charge >= 0.3 is 0 Å². The van der Waals surface area contributed by atoms with Crippen LogP contribution in [0.4, 0.5) is 0 Å². The summed E-state index contributed by atoms with van der Waals surface area (Å²) in [4.78, 5) is 28.3. The van der Waals surface area contributed by atoms with E-state index in [0.717, 1.165) is 11.1 Å². The highest BCUT2D eigenvalue weighted by molar-refractivity contribution is 7.71. The molecule has 0 aliphatic rings. The first-order valence-electron chi connectivity index (χ1n) is 7.79. The lowest BCUT2D eigenvalue weighted by Gasteiger charge is -2.00. The third kappa shape index (κ3) is 5.08. The fourth-order valence-corrected chi connectivity index (χ4v) is 2.54. The second-order valence-corrected chi connectivity index (χ2v) is 5.95. The third-order valence-electron chi connectivity index (χ3n) is 3.41. The van der Waals surface area contributed by atoms with Gasteiger partial charge in [-0.2, -0.15) is 10.2 Å². The number of aromatic nitrogens is 4. The van der Waals surface area contributed by atoms with Crippen LogP contribution in [0.2, 0.25) is 0 Å². The van der Waals surface area contributed by atoms with E-state index in [1.165, 1.54) is 12.3 Å². The third-order valence-corrected chi connectivity index (χ3v) is 3.61. The SMILES string of the molecule is O=C(Cc1cc(=O)[nH]c(=S)[nH]1)N/N=C\c1cnn(Cc2ccccc2)c1. The van der Waals surface area contributed by atoms with Gasteiger partial charge in [0.2, 0.25) is 5.91 Å². The fraction of sp³-hybridized carbons (Fsp3) is 0.118. The van der Waals surface area contributed by atoms with E-state index < -0.39 is 0 Å². The van der Waals surface area contributed by atoms with Gasteiger partial charge in [-0.3, -0.25) is 19.3 Å². The molecule has 26 heavy (non-hydrogen) atoms. The Morgan fingerprint density at radius 2 is 2.12 bits per heavy atom. The largest absolute Gasteiger partial charge is 0.335 e. The Balaban J connectivity index is 1.54. The van der Waals surface area contributed by atoms with Crippen molar-refractivity contribution in [2.24, 2.45) is 5.10 Å². The van der Waals surface area contributed by atoms with Crippen molar-refractivity contribution in [3.05, 3.63) is 80.7 Å². The molecule has 0 spiro atoms. The molecule has 3 rings (SSSR count). The Morgan fingerprint density at radius 1 is 1.31 bits per heavy atom. The molecule has 0 unspecified atom stereocenters. The summed E-state index contributed by atoms with van der Waals surface area (Å²) in [5.41, 5.74) is 4.37. The molecule has 132 valence electrons. The van der Waals surface area contributed by atoms with Crippen LogP contribution in [0.25, 0.3) is 0 Å². The van der Waals surface area contributed by atoms with E-state index in [0.29, 0.717) is 12.2 Å². The molecule has 0 fully saturated rings. The van der Waals surface area contributed by atoms with Gasteiger partial charge in [-0.05, 0) is 17.8 Å². The highest BCUT2D eigenvalue weighted by Gasteiger charge is 2.04. The lowest BCUT2D eigenvalue weighted by atomic mass is 10.2. The molecule has 1 amide bonds. The van der Waals surface area contributed by atoms with Crippen molar-refractivity contribution < 1.29 is 4.79 Å². The van der Waals surface area contributed by atoms with Gasteiger partial charge in [0.1, 0.15) is 0 Å². The minimum absolute atomic E-state index is 0.0296. The van der Waals surface area contributed by atoms with Crippen LogP contribution < -0.4 is 11.0 Å². The molecule has 9 heteroatoms. The highest BCUT2D eigenvalue weighted by Crippen LogP contribution is 2.02. The zero-order valence-corrected chi connectivity index (χ0v) is 14.5. The van der Waals surface area contributed by atoms with Gasteiger partial charge in [0.25, 0.3) is 5.56 Å². The second kappa shape index (κ2) is 8.17. The maximum atomic E-state index is 11.9. The van der Waals surface area contributed by atoms with E-state index in [-0.39, 0.29) is 22.7 Å². The zero-order chi connectivity index (χ0) is 18.4. The molecule has 0 atom stereocenters. The zero-order valence-electron chi connectivity index (χ0n) is 13.7. The van der Waals surface area contributed by atoms with Gasteiger partial charge in [0.05, 0.1) is 25.4 Å². The molecule has 2 heterocycles. The average Bonchev–Trinajstić information content (AvgIpc) is 3.02. The Morgan fingerprint density at radius 3 is 2.88 bits per heavy atom. The van der Waals surface area contributed by atoms with Gasteiger partial charge < -0.3 is 4.98 Å². The predicted octanol–water partition coefficient (Wildman–Crippen LogP) is 1.37. The molecule has 0 aliphatic heterocycles. The van der Waals surface area contributed by atoms with Crippen molar-refractivity contribution in [1.82, 2.24) is 25.2 Å². The maximum Gasteiger partial charge on any atom is 0.251 e. The Hall–Kier alpha value is -3.33. The number of amides is 1. The molecule has 0 radical (unpaired) electrons. The number of nitrogens with zero attached hydrogens (tertiary/aromatic N) is 3. The van der Waals surface area contributed by atoms with E-state index >= 15 is 0 Å². The number of hydrogen-bond acceptors (Lipinski definition) is 5. The van der Waals surface area contributed by atoms with Gasteiger partial charge in [-0.15, -0.1) is 0 Å². The standard InChI is InChI=1S/C17H16N6O2S/c24-15-6-14(20-17(26)21-15)7-16(25)22-18-8-13-9-19-23(11-13)10-12-4-2-1-3-5-12/h1-6,8-9,11H,7,10H2,(H,22,25)(H2,20,21,24,26)/b18-8-. The van der Waals surface area contributed by atoms with Crippen molar-refractivity contribution in [3.63, 3.8) is 0 Å². The van der Waals surface area contributed by atoms with Crippen LogP contribution >= 0.6 is 12.2 Å². The van der Waals surface area contributed by atoms with Crippen LogP contribution in [0.15, 0.2) is 58.7 Å². The monoisotopic (exact) mass is 368 g/mol. The topological polar surface area (TPSA) is 108 Å². The molecule has 0 saturated heterocycles. The number of carbonyl (C=O) groups is 1. The molecular weight excluding hydrogens is 352 g/mol. The summed E-state index contributed by atoms with van der Waals surface area (Å²) in [7, 11) is 0. The molecule has 0 aliphatic carbocycles. The molecule has 0 bridgehead atoms. The molecule has 1 aromatic carbocycles. The van der Waals surface area contributed by atoms with Crippen molar-refractivity contribution in [3.8, 4) is 0 Å². The van der Waals surface area contributed by atoms with Crippen LogP contribution in [0.5, 0.6) is 0 Å². The normalized spacial score (nSPS) is 10.9. The first-order valence-corrected chi connectivity index (χ1v) is 8.20. The van der Waals surface area contributed by atoms with Crippen molar-refractivity contribution in [2.75, 3.05) is 0 Å². The summed E-state index contributed by atoms with van der Waals surface area (Å²) >= 11 is 4.86. The van der Waals surface area contributed by atoms with E-state index in [4.69, 9.17) is 12.2 Å². The predicted molar refractivity (Wildman–Crippen MR) is 99.5 cm³/mol. The molecule has 3 aromatic rings. The first-order chi connectivity index (χ1) is 12.6. The van der Waals surface area contributed by atoms with Crippen molar-refractivity contribution >= 4 is 24.3 Å². The van der Waals surface area contributed by atoms with Crippen molar-refractivity contribution in [1.29, 1.82) is 0 Å². The lowest BCUT2D eigenvalue weighted by molar-refractivity contribution is -0.120. The number of H-pyrrole nitrogens is 2. The quantitative estimate of drug-likeness (QED) is 0.347. The molecule has 8 nitrogen and oxygen atoms in total. The van der Waals surface area contributed by atoms with Crippen LogP contribution in [-0.4, -0.2) is 31.9 Å². The minimum atomic E-state index is -0.367. The molecule has 2 aromatic heterocycles. The highest BCUT2D eigenvalue weighted by atomic mass is 32.1.